The fourth-order valence-corrected chi connectivity index (χ4v) is 4.35. The van der Waals surface area contributed by atoms with Gasteiger partial charge in [-0.25, -0.2) is 0 Å². The third-order valence-electron chi connectivity index (χ3n) is 4.88. The first-order chi connectivity index (χ1) is 13.1. The molecule has 2 aromatic heterocycles. The Balaban J connectivity index is 1.45. The van der Waals surface area contributed by atoms with Gasteiger partial charge in [0, 0.05) is 37.3 Å². The molecule has 0 unspecified atom stereocenters. The van der Waals surface area contributed by atoms with Crippen molar-refractivity contribution in [3.05, 3.63) is 57.2 Å². The molecule has 0 spiro atoms. The monoisotopic (exact) mass is 400 g/mol. The summed E-state index contributed by atoms with van der Waals surface area (Å²) in [4.78, 5) is 17.8. The number of halogens is 1. The number of anilines is 1. The number of nitrogens with zero attached hydrogens (tertiary/aromatic N) is 3. The molecule has 1 N–H and O–H groups in total. The quantitative estimate of drug-likeness (QED) is 0.706. The van der Waals surface area contributed by atoms with Crippen LogP contribution < -0.4 is 4.90 Å². The zero-order valence-corrected chi connectivity index (χ0v) is 16.7. The van der Waals surface area contributed by atoms with Crippen LogP contribution in [0.1, 0.15) is 21.7 Å². The molecule has 3 aromatic rings. The first-order valence-corrected chi connectivity index (χ1v) is 10.3. The lowest BCUT2D eigenvalue weighted by Crippen LogP contribution is -2.35. The summed E-state index contributed by atoms with van der Waals surface area (Å²) in [6, 6.07) is 11.8. The molecule has 4 rings (SSSR count). The van der Waals surface area contributed by atoms with Crippen LogP contribution in [0.15, 0.2) is 41.8 Å². The summed E-state index contributed by atoms with van der Waals surface area (Å²) in [5.41, 5.74) is 3.08. The standard InChI is InChI=1S/C20H21ClN4OS/c1-14-7-12-27-19(14)20(26)25-9-2-8-24(10-11-25)18-13-17(22-23-18)15-3-5-16(21)6-4-15/h3-7,12-13H,2,8-11H2,1H3,(H,22,23). The summed E-state index contributed by atoms with van der Waals surface area (Å²) in [6.07, 6.45) is 0.930. The van der Waals surface area contributed by atoms with E-state index < -0.39 is 0 Å². The van der Waals surface area contributed by atoms with E-state index in [0.717, 1.165) is 58.6 Å². The minimum Gasteiger partial charge on any atom is -0.353 e. The molecule has 0 radical (unpaired) electrons. The molecule has 140 valence electrons. The first-order valence-electron chi connectivity index (χ1n) is 9.01. The van der Waals surface area contributed by atoms with Crippen molar-refractivity contribution >= 4 is 34.7 Å². The highest BCUT2D eigenvalue weighted by molar-refractivity contribution is 7.12. The SMILES string of the molecule is Cc1ccsc1C(=O)N1CCCN(c2cc(-c3ccc(Cl)cc3)[nH]n2)CC1. The normalized spacial score (nSPS) is 15.0. The number of aromatic nitrogens is 2. The molecular weight excluding hydrogens is 380 g/mol. The maximum Gasteiger partial charge on any atom is 0.264 e. The number of hydrogen-bond acceptors (Lipinski definition) is 4. The predicted molar refractivity (Wildman–Crippen MR) is 111 cm³/mol. The minimum absolute atomic E-state index is 0.147. The molecule has 5 nitrogen and oxygen atoms in total. The van der Waals surface area contributed by atoms with E-state index in [9.17, 15) is 4.79 Å². The number of carbonyl (C=O) groups excluding carboxylic acids is 1. The molecule has 3 heterocycles. The lowest BCUT2D eigenvalue weighted by atomic mass is 10.1. The van der Waals surface area contributed by atoms with Crippen LogP contribution in [-0.2, 0) is 0 Å². The number of benzene rings is 1. The summed E-state index contributed by atoms with van der Waals surface area (Å²) < 4.78 is 0. The molecule has 27 heavy (non-hydrogen) atoms. The summed E-state index contributed by atoms with van der Waals surface area (Å²) in [5.74, 6) is 1.06. The van der Waals surface area contributed by atoms with E-state index in [-0.39, 0.29) is 5.91 Å². The van der Waals surface area contributed by atoms with E-state index >= 15 is 0 Å². The number of carbonyl (C=O) groups is 1. The molecule has 7 heteroatoms. The minimum atomic E-state index is 0.147. The zero-order chi connectivity index (χ0) is 18.8. The smallest absolute Gasteiger partial charge is 0.264 e. The van der Waals surface area contributed by atoms with Gasteiger partial charge in [-0.2, -0.15) is 5.10 Å². The van der Waals surface area contributed by atoms with Crippen LogP contribution in [0.5, 0.6) is 0 Å². The van der Waals surface area contributed by atoms with Gasteiger partial charge >= 0.3 is 0 Å². The summed E-state index contributed by atoms with van der Waals surface area (Å²) >= 11 is 7.49. The van der Waals surface area contributed by atoms with Gasteiger partial charge in [-0.3, -0.25) is 9.89 Å². The van der Waals surface area contributed by atoms with Crippen molar-refractivity contribution in [3.8, 4) is 11.3 Å². The maximum atomic E-state index is 12.8. The Morgan fingerprint density at radius 1 is 1.15 bits per heavy atom. The van der Waals surface area contributed by atoms with Crippen LogP contribution in [0.2, 0.25) is 5.02 Å². The van der Waals surface area contributed by atoms with Gasteiger partial charge in [-0.15, -0.1) is 11.3 Å². The average molecular weight is 401 g/mol. The topological polar surface area (TPSA) is 52.2 Å². The first kappa shape index (κ1) is 18.1. The van der Waals surface area contributed by atoms with Crippen molar-refractivity contribution in [2.75, 3.05) is 31.1 Å². The van der Waals surface area contributed by atoms with E-state index in [0.29, 0.717) is 6.54 Å². The molecule has 1 saturated heterocycles. The molecular formula is C20H21ClN4OS. The zero-order valence-electron chi connectivity index (χ0n) is 15.1. The van der Waals surface area contributed by atoms with Crippen molar-refractivity contribution in [2.24, 2.45) is 0 Å². The molecule has 1 amide bonds. The fourth-order valence-electron chi connectivity index (χ4n) is 3.34. The average Bonchev–Trinajstić information content (AvgIpc) is 3.25. The second-order valence-corrected chi connectivity index (χ2v) is 8.06. The Morgan fingerprint density at radius 3 is 2.70 bits per heavy atom. The van der Waals surface area contributed by atoms with E-state index in [2.05, 4.69) is 21.2 Å². The van der Waals surface area contributed by atoms with Crippen molar-refractivity contribution in [1.29, 1.82) is 0 Å². The van der Waals surface area contributed by atoms with Crippen molar-refractivity contribution in [1.82, 2.24) is 15.1 Å². The van der Waals surface area contributed by atoms with Gasteiger partial charge in [0.25, 0.3) is 5.91 Å². The van der Waals surface area contributed by atoms with Crippen LogP contribution in [0.3, 0.4) is 0 Å². The molecule has 1 fully saturated rings. The maximum absolute atomic E-state index is 12.8. The highest BCUT2D eigenvalue weighted by atomic mass is 35.5. The third kappa shape index (κ3) is 3.87. The molecule has 1 aliphatic heterocycles. The largest absolute Gasteiger partial charge is 0.353 e. The highest BCUT2D eigenvalue weighted by Crippen LogP contribution is 2.25. The Hall–Kier alpha value is -2.31. The van der Waals surface area contributed by atoms with Gasteiger partial charge in [0.15, 0.2) is 5.82 Å². The van der Waals surface area contributed by atoms with Crippen LogP contribution >= 0.6 is 22.9 Å². The fraction of sp³-hybridized carbons (Fsp3) is 0.300. The highest BCUT2D eigenvalue weighted by Gasteiger charge is 2.23. The summed E-state index contributed by atoms with van der Waals surface area (Å²) in [6.45, 7) is 5.15. The Kier molecular flexibility index (Phi) is 5.18. The third-order valence-corrected chi connectivity index (χ3v) is 6.14. The number of aryl methyl sites for hydroxylation is 1. The van der Waals surface area contributed by atoms with Crippen LogP contribution in [-0.4, -0.2) is 47.2 Å². The van der Waals surface area contributed by atoms with Gasteiger partial charge in [-0.1, -0.05) is 23.7 Å². The second-order valence-electron chi connectivity index (χ2n) is 6.71. The Bertz CT molecular complexity index is 934. The van der Waals surface area contributed by atoms with E-state index in [1.54, 1.807) is 0 Å². The number of rotatable bonds is 3. The van der Waals surface area contributed by atoms with Crippen LogP contribution in [0.25, 0.3) is 11.3 Å². The number of amides is 1. The van der Waals surface area contributed by atoms with E-state index in [1.807, 2.05) is 47.5 Å². The van der Waals surface area contributed by atoms with Gasteiger partial charge in [0.05, 0.1) is 10.6 Å². The molecule has 0 aliphatic carbocycles. The van der Waals surface area contributed by atoms with Gasteiger partial charge < -0.3 is 9.80 Å². The van der Waals surface area contributed by atoms with Crippen molar-refractivity contribution in [2.45, 2.75) is 13.3 Å². The number of nitrogens with one attached hydrogen (secondary N) is 1. The number of thiophene rings is 1. The Morgan fingerprint density at radius 2 is 1.96 bits per heavy atom. The van der Waals surface area contributed by atoms with E-state index in [1.165, 1.54) is 11.3 Å². The van der Waals surface area contributed by atoms with Crippen molar-refractivity contribution < 1.29 is 4.79 Å². The lowest BCUT2D eigenvalue weighted by molar-refractivity contribution is 0.0771. The molecule has 0 atom stereocenters. The number of hydrogen-bond donors (Lipinski definition) is 1. The van der Waals surface area contributed by atoms with Crippen LogP contribution in [0.4, 0.5) is 5.82 Å². The lowest BCUT2D eigenvalue weighted by Gasteiger charge is -2.21. The molecule has 1 aliphatic rings. The van der Waals surface area contributed by atoms with E-state index in [4.69, 9.17) is 11.6 Å². The molecule has 0 saturated carbocycles. The number of H-pyrrole nitrogens is 1. The molecule has 1 aromatic carbocycles. The number of aromatic amines is 1. The van der Waals surface area contributed by atoms with Gasteiger partial charge in [0.2, 0.25) is 0 Å². The van der Waals surface area contributed by atoms with Crippen LogP contribution in [0, 0.1) is 6.92 Å². The van der Waals surface area contributed by atoms with Crippen molar-refractivity contribution in [3.63, 3.8) is 0 Å². The Labute approximate surface area is 167 Å². The predicted octanol–water partition coefficient (Wildman–Crippen LogP) is 4.45. The van der Waals surface area contributed by atoms with Gasteiger partial charge in [-0.05, 0) is 48.1 Å². The summed E-state index contributed by atoms with van der Waals surface area (Å²) in [7, 11) is 0. The van der Waals surface area contributed by atoms with Gasteiger partial charge in [0.1, 0.15) is 0 Å². The summed E-state index contributed by atoms with van der Waals surface area (Å²) in [5, 5.41) is 10.3. The second kappa shape index (κ2) is 7.74. The molecule has 0 bridgehead atoms.